The molecule has 1 aliphatic rings. The third-order valence-electron chi connectivity index (χ3n) is 3.57. The molecule has 0 aliphatic carbocycles. The maximum atomic E-state index is 11.8. The van der Waals surface area contributed by atoms with Gasteiger partial charge in [0.05, 0.1) is 11.3 Å². The molecule has 2 atom stereocenters. The van der Waals surface area contributed by atoms with Crippen molar-refractivity contribution in [3.05, 3.63) is 41.0 Å². The van der Waals surface area contributed by atoms with Crippen LogP contribution >= 0.6 is 11.8 Å². The van der Waals surface area contributed by atoms with Crippen molar-refractivity contribution in [2.75, 3.05) is 27.3 Å². The summed E-state index contributed by atoms with van der Waals surface area (Å²) in [6, 6.07) is 9.65. The molecule has 0 aromatic heterocycles. The van der Waals surface area contributed by atoms with Crippen LogP contribution in [0.5, 0.6) is 0 Å². The zero-order valence-electron chi connectivity index (χ0n) is 16.0. The van der Waals surface area contributed by atoms with Crippen molar-refractivity contribution in [3.63, 3.8) is 0 Å². The van der Waals surface area contributed by atoms with Gasteiger partial charge in [0, 0.05) is 32.5 Å². The van der Waals surface area contributed by atoms with Gasteiger partial charge in [-0.15, -0.1) is 0 Å². The minimum atomic E-state index is -0.576. The number of benzene rings is 1. The molecule has 1 heterocycles. The average Bonchev–Trinajstić information content (AvgIpc) is 2.62. The highest BCUT2D eigenvalue weighted by Gasteiger charge is 2.34. The van der Waals surface area contributed by atoms with Crippen LogP contribution in [0.15, 0.2) is 45.9 Å². The molecule has 1 aromatic carbocycles. The third-order valence-corrected chi connectivity index (χ3v) is 4.79. The Morgan fingerprint density at radius 2 is 1.96 bits per heavy atom. The molecule has 0 unspecified atom stereocenters. The lowest BCUT2D eigenvalue weighted by molar-refractivity contribution is -0.164. The van der Waals surface area contributed by atoms with Gasteiger partial charge in [-0.25, -0.2) is 4.79 Å². The van der Waals surface area contributed by atoms with Crippen LogP contribution in [-0.4, -0.2) is 56.7 Å². The van der Waals surface area contributed by atoms with Gasteiger partial charge in [-0.05, 0) is 19.1 Å². The van der Waals surface area contributed by atoms with E-state index in [4.69, 9.17) is 18.9 Å². The summed E-state index contributed by atoms with van der Waals surface area (Å²) in [6.45, 7) is 3.59. The van der Waals surface area contributed by atoms with Gasteiger partial charge in [0.15, 0.2) is 12.4 Å². The van der Waals surface area contributed by atoms with Crippen LogP contribution in [0.1, 0.15) is 20.3 Å². The zero-order valence-corrected chi connectivity index (χ0v) is 16.8. The van der Waals surface area contributed by atoms with Gasteiger partial charge in [0.2, 0.25) is 6.29 Å². The lowest BCUT2D eigenvalue weighted by Crippen LogP contribution is -2.35. The second-order valence-electron chi connectivity index (χ2n) is 5.99. The molecule has 2 rings (SSSR count). The summed E-state index contributed by atoms with van der Waals surface area (Å²) in [7, 11) is 3.20. The largest absolute Gasteiger partial charge is 0.464 e. The van der Waals surface area contributed by atoms with E-state index in [0.717, 1.165) is 4.90 Å². The molecule has 1 amide bonds. The lowest BCUT2D eigenvalue weighted by atomic mass is 10.1. The number of hydrogen-bond acceptors (Lipinski definition) is 7. The Morgan fingerprint density at radius 1 is 1.26 bits per heavy atom. The monoisotopic (exact) mass is 395 g/mol. The molecule has 1 aliphatic heterocycles. The molecule has 0 spiro atoms. The molecule has 0 saturated carbocycles. The highest BCUT2D eigenvalue weighted by atomic mass is 32.2. The molecular formula is C19H25NO6S. The van der Waals surface area contributed by atoms with Crippen LogP contribution in [0.4, 0.5) is 4.79 Å². The summed E-state index contributed by atoms with van der Waals surface area (Å²) in [4.78, 5) is 26.4. The number of ether oxygens (including phenoxy) is 4. The van der Waals surface area contributed by atoms with Crippen molar-refractivity contribution in [3.8, 4) is 0 Å². The smallest absolute Gasteiger partial charge is 0.409 e. The summed E-state index contributed by atoms with van der Waals surface area (Å²) in [5.41, 5.74) is 0. The maximum Gasteiger partial charge on any atom is 0.409 e. The van der Waals surface area contributed by atoms with Crippen molar-refractivity contribution in [1.82, 2.24) is 4.90 Å². The van der Waals surface area contributed by atoms with Crippen LogP contribution in [-0.2, 0) is 23.7 Å². The van der Waals surface area contributed by atoms with Crippen molar-refractivity contribution >= 4 is 23.8 Å². The second-order valence-corrected chi connectivity index (χ2v) is 7.10. The van der Waals surface area contributed by atoms with E-state index in [1.54, 1.807) is 14.1 Å². The van der Waals surface area contributed by atoms with Gasteiger partial charge >= 0.3 is 12.1 Å². The van der Waals surface area contributed by atoms with E-state index in [0.29, 0.717) is 23.7 Å². The van der Waals surface area contributed by atoms with Gasteiger partial charge in [-0.1, -0.05) is 30.0 Å². The Balaban J connectivity index is 2.32. The minimum absolute atomic E-state index is 0.0759. The Hall–Kier alpha value is -2.19. The number of esters is 1. The van der Waals surface area contributed by atoms with E-state index in [2.05, 4.69) is 0 Å². The van der Waals surface area contributed by atoms with Crippen LogP contribution < -0.4 is 0 Å². The molecule has 0 bridgehead atoms. The average molecular weight is 395 g/mol. The first-order valence-electron chi connectivity index (χ1n) is 8.66. The van der Waals surface area contributed by atoms with Gasteiger partial charge in [0.1, 0.15) is 6.10 Å². The number of carbonyl (C=O) groups is 2. The van der Waals surface area contributed by atoms with E-state index >= 15 is 0 Å². The maximum absolute atomic E-state index is 11.8. The van der Waals surface area contributed by atoms with E-state index < -0.39 is 24.5 Å². The molecule has 0 fully saturated rings. The molecule has 7 nitrogen and oxygen atoms in total. The van der Waals surface area contributed by atoms with Gasteiger partial charge < -0.3 is 23.8 Å². The predicted octanol–water partition coefficient (Wildman–Crippen LogP) is 3.40. The topological polar surface area (TPSA) is 74.3 Å². The lowest BCUT2D eigenvalue weighted by Gasteiger charge is -2.33. The number of rotatable bonds is 7. The van der Waals surface area contributed by atoms with Crippen molar-refractivity contribution in [2.24, 2.45) is 0 Å². The Kier molecular flexibility index (Phi) is 7.99. The summed E-state index contributed by atoms with van der Waals surface area (Å²) < 4.78 is 22.3. The van der Waals surface area contributed by atoms with E-state index in [-0.39, 0.29) is 6.61 Å². The highest BCUT2D eigenvalue weighted by molar-refractivity contribution is 8.03. The van der Waals surface area contributed by atoms with Crippen LogP contribution in [0.3, 0.4) is 0 Å². The van der Waals surface area contributed by atoms with Crippen LogP contribution in [0, 0.1) is 0 Å². The fraction of sp³-hybridized carbons (Fsp3) is 0.474. The standard InChI is InChI=1S/C19H25NO6S/c1-5-23-17-11-15(25-13(2)21)18(27-14-9-7-6-8-10-14)16(26-17)12-24-19(22)20(3)4/h6-10,15,17H,5,11-12H2,1-4H3/t15-,17-/m1/s1. The predicted molar refractivity (Wildman–Crippen MR) is 101 cm³/mol. The number of carbonyl (C=O) groups excluding carboxylic acids is 2. The molecular weight excluding hydrogens is 370 g/mol. The molecule has 148 valence electrons. The Bertz CT molecular complexity index is 676. The fourth-order valence-electron chi connectivity index (χ4n) is 2.42. The second kappa shape index (κ2) is 10.2. The van der Waals surface area contributed by atoms with E-state index in [9.17, 15) is 9.59 Å². The normalized spacial score (nSPS) is 19.3. The first kappa shape index (κ1) is 21.1. The van der Waals surface area contributed by atoms with Crippen molar-refractivity contribution in [1.29, 1.82) is 0 Å². The summed E-state index contributed by atoms with van der Waals surface area (Å²) in [5, 5.41) is 0. The summed E-state index contributed by atoms with van der Waals surface area (Å²) in [6.07, 6.45) is -1.23. The Labute approximate surface area is 163 Å². The zero-order chi connectivity index (χ0) is 19.8. The first-order valence-corrected chi connectivity index (χ1v) is 9.47. The first-order chi connectivity index (χ1) is 12.9. The molecule has 27 heavy (non-hydrogen) atoms. The van der Waals surface area contributed by atoms with Gasteiger partial charge in [-0.2, -0.15) is 0 Å². The molecule has 0 radical (unpaired) electrons. The molecule has 0 N–H and O–H groups in total. The van der Waals surface area contributed by atoms with Gasteiger partial charge in [0.25, 0.3) is 0 Å². The number of nitrogens with zero attached hydrogens (tertiary/aromatic N) is 1. The number of thioether (sulfide) groups is 1. The fourth-order valence-corrected chi connectivity index (χ4v) is 3.46. The minimum Gasteiger partial charge on any atom is -0.464 e. The quantitative estimate of drug-likeness (QED) is 0.655. The highest BCUT2D eigenvalue weighted by Crippen LogP contribution is 2.39. The van der Waals surface area contributed by atoms with Crippen LogP contribution in [0.25, 0.3) is 0 Å². The summed E-state index contributed by atoms with van der Waals surface area (Å²) >= 11 is 1.42. The molecule has 8 heteroatoms. The number of hydrogen-bond donors (Lipinski definition) is 0. The molecule has 1 aromatic rings. The SMILES string of the molecule is CCO[C@H]1C[C@@H](OC(C)=O)C(Sc2ccccc2)=C(COC(=O)N(C)C)O1. The van der Waals surface area contributed by atoms with E-state index in [1.165, 1.54) is 23.6 Å². The van der Waals surface area contributed by atoms with Crippen molar-refractivity contribution < 1.29 is 28.5 Å². The van der Waals surface area contributed by atoms with Crippen LogP contribution in [0.2, 0.25) is 0 Å². The van der Waals surface area contributed by atoms with E-state index in [1.807, 2.05) is 37.3 Å². The summed E-state index contributed by atoms with van der Waals surface area (Å²) in [5.74, 6) is 0.0305. The van der Waals surface area contributed by atoms with Crippen molar-refractivity contribution in [2.45, 2.75) is 37.6 Å². The van der Waals surface area contributed by atoms with Gasteiger partial charge in [-0.3, -0.25) is 4.79 Å². The molecule has 0 saturated heterocycles. The number of amides is 1. The third kappa shape index (κ3) is 6.48. The Morgan fingerprint density at radius 3 is 2.56 bits per heavy atom.